The molecule has 0 aliphatic rings. The summed E-state index contributed by atoms with van der Waals surface area (Å²) < 4.78 is 24.3. The van der Waals surface area contributed by atoms with E-state index in [-0.39, 0.29) is 6.54 Å². The number of aromatic nitrogens is 1. The van der Waals surface area contributed by atoms with Gasteiger partial charge >= 0.3 is 0 Å². The maximum Gasteiger partial charge on any atom is 0.251 e. The molecule has 0 unspecified atom stereocenters. The molecule has 0 saturated heterocycles. The summed E-state index contributed by atoms with van der Waals surface area (Å²) in [5, 5.41) is 3.17. The van der Waals surface area contributed by atoms with Crippen molar-refractivity contribution < 1.29 is 8.78 Å². The first-order chi connectivity index (χ1) is 8.11. The molecule has 1 aromatic rings. The van der Waals surface area contributed by atoms with Crippen molar-refractivity contribution in [2.75, 3.05) is 25.5 Å². The number of nitrogens with one attached hydrogen (secondary N) is 1. The van der Waals surface area contributed by atoms with Crippen LogP contribution < -0.4 is 5.32 Å². The van der Waals surface area contributed by atoms with Gasteiger partial charge in [0.25, 0.3) is 6.43 Å². The lowest BCUT2D eigenvalue weighted by Crippen LogP contribution is -2.24. The monoisotopic (exact) mass is 243 g/mol. The van der Waals surface area contributed by atoms with Gasteiger partial charge in [-0.1, -0.05) is 6.92 Å². The molecule has 0 saturated carbocycles. The molecule has 0 radical (unpaired) electrons. The molecule has 96 valence electrons. The maximum atomic E-state index is 12.2. The van der Waals surface area contributed by atoms with Crippen LogP contribution in [0.15, 0.2) is 18.3 Å². The molecule has 0 spiro atoms. The lowest BCUT2D eigenvalue weighted by Gasteiger charge is -2.16. The average molecular weight is 243 g/mol. The van der Waals surface area contributed by atoms with Crippen molar-refractivity contribution in [3.63, 3.8) is 0 Å². The number of rotatable bonds is 7. The quantitative estimate of drug-likeness (QED) is 0.798. The van der Waals surface area contributed by atoms with E-state index < -0.39 is 6.43 Å². The van der Waals surface area contributed by atoms with Crippen molar-refractivity contribution in [3.8, 4) is 0 Å². The Morgan fingerprint density at radius 2 is 2.24 bits per heavy atom. The third-order valence-corrected chi connectivity index (χ3v) is 2.28. The van der Waals surface area contributed by atoms with E-state index in [0.717, 1.165) is 24.3 Å². The minimum atomic E-state index is -2.29. The number of alkyl halides is 2. The lowest BCUT2D eigenvalue weighted by atomic mass is 10.2. The molecular weight excluding hydrogens is 224 g/mol. The topological polar surface area (TPSA) is 28.2 Å². The molecule has 0 fully saturated rings. The van der Waals surface area contributed by atoms with Gasteiger partial charge in [0, 0.05) is 19.3 Å². The highest BCUT2D eigenvalue weighted by atomic mass is 19.3. The Labute approximate surface area is 101 Å². The van der Waals surface area contributed by atoms with E-state index in [2.05, 4.69) is 17.2 Å². The predicted molar refractivity (Wildman–Crippen MR) is 65.4 cm³/mol. The Kier molecular flexibility index (Phi) is 5.83. The first-order valence-electron chi connectivity index (χ1n) is 5.77. The number of nitrogens with zero attached hydrogens (tertiary/aromatic N) is 2. The standard InChI is InChI=1S/C12H19F2N3/c1-3-5-15-12-7-10(4-6-16-12)8-17(2)9-11(13)14/h4,6-7,11H,3,5,8-9H2,1-2H3,(H,15,16). The normalized spacial score (nSPS) is 11.2. The molecule has 0 bridgehead atoms. The van der Waals surface area contributed by atoms with Gasteiger partial charge < -0.3 is 5.32 Å². The van der Waals surface area contributed by atoms with Crippen LogP contribution in [0.3, 0.4) is 0 Å². The van der Waals surface area contributed by atoms with Crippen molar-refractivity contribution in [3.05, 3.63) is 23.9 Å². The number of hydrogen-bond donors (Lipinski definition) is 1. The molecule has 1 heterocycles. The molecule has 0 aliphatic heterocycles. The third-order valence-electron chi connectivity index (χ3n) is 2.28. The fraction of sp³-hybridized carbons (Fsp3) is 0.583. The van der Waals surface area contributed by atoms with E-state index in [0.29, 0.717) is 6.54 Å². The number of hydrogen-bond acceptors (Lipinski definition) is 3. The molecule has 0 aromatic carbocycles. The van der Waals surface area contributed by atoms with Crippen LogP contribution in [0, 0.1) is 0 Å². The number of anilines is 1. The first kappa shape index (κ1) is 13.8. The summed E-state index contributed by atoms with van der Waals surface area (Å²) in [4.78, 5) is 5.77. The highest BCUT2D eigenvalue weighted by molar-refractivity contribution is 5.37. The second kappa shape index (κ2) is 7.17. The van der Waals surface area contributed by atoms with Gasteiger partial charge in [-0.15, -0.1) is 0 Å². The fourth-order valence-electron chi connectivity index (χ4n) is 1.53. The van der Waals surface area contributed by atoms with Crippen molar-refractivity contribution in [2.24, 2.45) is 0 Å². The smallest absolute Gasteiger partial charge is 0.251 e. The highest BCUT2D eigenvalue weighted by Gasteiger charge is 2.08. The second-order valence-corrected chi connectivity index (χ2v) is 4.06. The van der Waals surface area contributed by atoms with Gasteiger partial charge in [-0.05, 0) is 31.2 Å². The zero-order valence-electron chi connectivity index (χ0n) is 10.3. The minimum absolute atomic E-state index is 0.208. The number of halogens is 2. The molecule has 1 rings (SSSR count). The highest BCUT2D eigenvalue weighted by Crippen LogP contribution is 2.09. The van der Waals surface area contributed by atoms with Crippen LogP contribution in [0.25, 0.3) is 0 Å². The van der Waals surface area contributed by atoms with Gasteiger partial charge in [0.1, 0.15) is 5.82 Å². The zero-order chi connectivity index (χ0) is 12.7. The Hall–Kier alpha value is -1.23. The summed E-state index contributed by atoms with van der Waals surface area (Å²) in [7, 11) is 1.69. The van der Waals surface area contributed by atoms with Gasteiger partial charge in [0.05, 0.1) is 6.54 Å². The maximum absolute atomic E-state index is 12.2. The Morgan fingerprint density at radius 1 is 1.47 bits per heavy atom. The average Bonchev–Trinajstić information content (AvgIpc) is 2.25. The molecule has 1 aromatic heterocycles. The fourth-order valence-corrected chi connectivity index (χ4v) is 1.53. The van der Waals surface area contributed by atoms with Crippen LogP contribution in [0.5, 0.6) is 0 Å². The van der Waals surface area contributed by atoms with Gasteiger partial charge in [-0.25, -0.2) is 13.8 Å². The van der Waals surface area contributed by atoms with Crippen LogP contribution in [-0.2, 0) is 6.54 Å². The molecule has 5 heteroatoms. The van der Waals surface area contributed by atoms with Crippen LogP contribution in [-0.4, -0.2) is 36.4 Å². The molecule has 0 atom stereocenters. The summed E-state index contributed by atoms with van der Waals surface area (Å²) in [6.45, 7) is 3.24. The molecule has 3 nitrogen and oxygen atoms in total. The zero-order valence-corrected chi connectivity index (χ0v) is 10.3. The van der Waals surface area contributed by atoms with Crippen LogP contribution in [0.2, 0.25) is 0 Å². The molecule has 1 N–H and O–H groups in total. The van der Waals surface area contributed by atoms with Crippen molar-refractivity contribution >= 4 is 5.82 Å². The Balaban J connectivity index is 2.52. The van der Waals surface area contributed by atoms with Gasteiger partial charge in [0.2, 0.25) is 0 Å². The third kappa shape index (κ3) is 5.58. The van der Waals surface area contributed by atoms with E-state index in [1.165, 1.54) is 0 Å². The van der Waals surface area contributed by atoms with E-state index in [1.807, 2.05) is 12.1 Å². The summed E-state index contributed by atoms with van der Waals surface area (Å²) in [6, 6.07) is 3.75. The van der Waals surface area contributed by atoms with Gasteiger partial charge in [-0.3, -0.25) is 4.90 Å². The predicted octanol–water partition coefficient (Wildman–Crippen LogP) is 2.60. The van der Waals surface area contributed by atoms with Crippen LogP contribution in [0.1, 0.15) is 18.9 Å². The number of pyridine rings is 1. The molecule has 0 aliphatic carbocycles. The second-order valence-electron chi connectivity index (χ2n) is 4.06. The SMILES string of the molecule is CCCNc1cc(CN(C)CC(F)F)ccn1. The van der Waals surface area contributed by atoms with Crippen LogP contribution in [0.4, 0.5) is 14.6 Å². The van der Waals surface area contributed by atoms with Crippen molar-refractivity contribution in [1.82, 2.24) is 9.88 Å². The van der Waals surface area contributed by atoms with E-state index >= 15 is 0 Å². The summed E-state index contributed by atoms with van der Waals surface area (Å²) in [6.07, 6.45) is 0.431. The first-order valence-corrected chi connectivity index (χ1v) is 5.77. The van der Waals surface area contributed by atoms with Crippen molar-refractivity contribution in [2.45, 2.75) is 26.3 Å². The lowest BCUT2D eigenvalue weighted by molar-refractivity contribution is 0.0975. The molecule has 0 amide bonds. The summed E-state index contributed by atoms with van der Waals surface area (Å²) in [5.74, 6) is 0.801. The Morgan fingerprint density at radius 3 is 2.88 bits per heavy atom. The summed E-state index contributed by atoms with van der Waals surface area (Å²) in [5.41, 5.74) is 0.988. The molecule has 17 heavy (non-hydrogen) atoms. The largest absolute Gasteiger partial charge is 0.370 e. The van der Waals surface area contributed by atoms with Gasteiger partial charge in [-0.2, -0.15) is 0 Å². The van der Waals surface area contributed by atoms with Crippen molar-refractivity contribution in [1.29, 1.82) is 0 Å². The van der Waals surface area contributed by atoms with Gasteiger partial charge in [0.15, 0.2) is 0 Å². The minimum Gasteiger partial charge on any atom is -0.370 e. The Bertz CT molecular complexity index is 331. The van der Waals surface area contributed by atoms with E-state index in [9.17, 15) is 8.78 Å². The summed E-state index contributed by atoms with van der Waals surface area (Å²) >= 11 is 0. The van der Waals surface area contributed by atoms with Crippen LogP contribution >= 0.6 is 0 Å². The molecular formula is C12H19F2N3. The van der Waals surface area contributed by atoms with E-state index in [4.69, 9.17) is 0 Å². The van der Waals surface area contributed by atoms with E-state index in [1.54, 1.807) is 18.1 Å².